The van der Waals surface area contributed by atoms with Crippen LogP contribution >= 0.6 is 0 Å². The van der Waals surface area contributed by atoms with Crippen molar-refractivity contribution in [2.75, 3.05) is 13.2 Å². The standard InChI is InChI=1S/C56H108O6/c1-5-7-9-11-13-15-17-18-19-20-21-22-23-24-28-32-35-39-43-47-54(57)60-50-53(62-56(59)49-45-41-37-31-16-14-12-10-8-6-2)51-61-55(58)48-44-40-36-33-29-26-25-27-30-34-38-42-46-52(3)4/h52-53H,5-51H2,1-4H3/t53-/m1/s1. The molecule has 1 atom stereocenters. The number of carbonyl (C=O) groups excluding carboxylic acids is 3. The van der Waals surface area contributed by atoms with Crippen LogP contribution in [0.1, 0.15) is 317 Å². The van der Waals surface area contributed by atoms with E-state index >= 15 is 0 Å². The van der Waals surface area contributed by atoms with E-state index in [4.69, 9.17) is 14.2 Å². The van der Waals surface area contributed by atoms with Crippen molar-refractivity contribution in [3.8, 4) is 0 Å². The molecule has 0 saturated carbocycles. The summed E-state index contributed by atoms with van der Waals surface area (Å²) in [7, 11) is 0. The molecule has 0 radical (unpaired) electrons. The van der Waals surface area contributed by atoms with Gasteiger partial charge < -0.3 is 14.2 Å². The van der Waals surface area contributed by atoms with Gasteiger partial charge in [0.15, 0.2) is 6.10 Å². The normalized spacial score (nSPS) is 12.0. The fourth-order valence-corrected chi connectivity index (χ4v) is 8.57. The Kier molecular flexibility index (Phi) is 49.1. The Morgan fingerprint density at radius 2 is 0.532 bits per heavy atom. The van der Waals surface area contributed by atoms with Gasteiger partial charge in [0.05, 0.1) is 0 Å². The summed E-state index contributed by atoms with van der Waals surface area (Å²) < 4.78 is 16.8. The highest BCUT2D eigenvalue weighted by molar-refractivity contribution is 5.71. The summed E-state index contributed by atoms with van der Waals surface area (Å²) in [6.07, 6.45) is 53.8. The zero-order valence-corrected chi connectivity index (χ0v) is 42.3. The van der Waals surface area contributed by atoms with Crippen LogP contribution in [-0.4, -0.2) is 37.2 Å². The average molecular weight is 877 g/mol. The van der Waals surface area contributed by atoms with Crippen molar-refractivity contribution in [2.24, 2.45) is 5.92 Å². The lowest BCUT2D eigenvalue weighted by atomic mass is 10.0. The van der Waals surface area contributed by atoms with Crippen molar-refractivity contribution in [3.05, 3.63) is 0 Å². The Bertz CT molecular complexity index is 933. The van der Waals surface area contributed by atoms with E-state index in [-0.39, 0.29) is 31.1 Å². The zero-order chi connectivity index (χ0) is 45.2. The van der Waals surface area contributed by atoms with Crippen LogP contribution in [0, 0.1) is 5.92 Å². The summed E-state index contributed by atoms with van der Waals surface area (Å²) in [5.74, 6) is -0.00736. The number of carbonyl (C=O) groups is 3. The molecule has 0 aliphatic rings. The number of hydrogen-bond donors (Lipinski definition) is 0. The van der Waals surface area contributed by atoms with Crippen LogP contribution in [0.4, 0.5) is 0 Å². The van der Waals surface area contributed by atoms with Crippen LogP contribution in [0.5, 0.6) is 0 Å². The zero-order valence-electron chi connectivity index (χ0n) is 42.3. The Morgan fingerprint density at radius 3 is 0.790 bits per heavy atom. The lowest BCUT2D eigenvalue weighted by Crippen LogP contribution is -2.30. The van der Waals surface area contributed by atoms with E-state index in [0.717, 1.165) is 63.7 Å². The van der Waals surface area contributed by atoms with Gasteiger partial charge in [-0.2, -0.15) is 0 Å². The molecule has 0 amide bonds. The highest BCUT2D eigenvalue weighted by Crippen LogP contribution is 2.18. The van der Waals surface area contributed by atoms with Crippen LogP contribution in [0.15, 0.2) is 0 Å². The summed E-state index contributed by atoms with van der Waals surface area (Å²) >= 11 is 0. The molecule has 0 bridgehead atoms. The van der Waals surface area contributed by atoms with E-state index in [2.05, 4.69) is 27.7 Å². The lowest BCUT2D eigenvalue weighted by molar-refractivity contribution is -0.167. The fraction of sp³-hybridized carbons (Fsp3) is 0.946. The van der Waals surface area contributed by atoms with Gasteiger partial charge in [-0.25, -0.2) is 0 Å². The molecule has 0 aromatic rings. The molecule has 0 aliphatic carbocycles. The maximum absolute atomic E-state index is 12.8. The van der Waals surface area contributed by atoms with Gasteiger partial charge in [-0.3, -0.25) is 14.4 Å². The van der Waals surface area contributed by atoms with Gasteiger partial charge >= 0.3 is 17.9 Å². The first-order chi connectivity index (χ1) is 30.4. The molecule has 0 saturated heterocycles. The summed E-state index contributed by atoms with van der Waals surface area (Å²) in [5.41, 5.74) is 0. The molecule has 0 spiro atoms. The van der Waals surface area contributed by atoms with Gasteiger partial charge in [0.1, 0.15) is 13.2 Å². The Hall–Kier alpha value is -1.59. The van der Waals surface area contributed by atoms with Crippen molar-refractivity contribution in [2.45, 2.75) is 323 Å². The molecule has 0 heterocycles. The first-order valence-electron chi connectivity index (χ1n) is 27.9. The van der Waals surface area contributed by atoms with Crippen molar-refractivity contribution in [1.82, 2.24) is 0 Å². The molecular formula is C56H108O6. The topological polar surface area (TPSA) is 78.9 Å². The highest BCUT2D eigenvalue weighted by atomic mass is 16.6. The quantitative estimate of drug-likeness (QED) is 0.0344. The maximum Gasteiger partial charge on any atom is 0.306 e. The van der Waals surface area contributed by atoms with Crippen LogP contribution in [0.3, 0.4) is 0 Å². The number of ether oxygens (including phenoxy) is 3. The highest BCUT2D eigenvalue weighted by Gasteiger charge is 2.19. The number of unbranched alkanes of at least 4 members (excludes halogenated alkanes) is 38. The number of esters is 3. The Morgan fingerprint density at radius 1 is 0.306 bits per heavy atom. The van der Waals surface area contributed by atoms with Gasteiger partial charge in [-0.15, -0.1) is 0 Å². The summed E-state index contributed by atoms with van der Waals surface area (Å²) in [6.45, 7) is 9.04. The second kappa shape index (κ2) is 50.4. The Labute approximate surface area is 387 Å². The minimum atomic E-state index is -0.760. The van der Waals surface area contributed by atoms with Crippen LogP contribution < -0.4 is 0 Å². The minimum absolute atomic E-state index is 0.0624. The predicted octanol–water partition coefficient (Wildman–Crippen LogP) is 18.2. The van der Waals surface area contributed by atoms with Crippen molar-refractivity contribution < 1.29 is 28.6 Å². The molecule has 0 fully saturated rings. The van der Waals surface area contributed by atoms with E-state index in [0.29, 0.717) is 19.3 Å². The van der Waals surface area contributed by atoms with Gasteiger partial charge in [-0.05, 0) is 25.2 Å². The van der Waals surface area contributed by atoms with Crippen molar-refractivity contribution in [3.63, 3.8) is 0 Å². The molecule has 0 unspecified atom stereocenters. The smallest absolute Gasteiger partial charge is 0.306 e. The Balaban J connectivity index is 4.21. The third-order valence-corrected chi connectivity index (χ3v) is 12.8. The summed E-state index contributed by atoms with van der Waals surface area (Å²) in [6, 6.07) is 0. The van der Waals surface area contributed by atoms with E-state index in [1.807, 2.05) is 0 Å². The lowest BCUT2D eigenvalue weighted by Gasteiger charge is -2.18. The van der Waals surface area contributed by atoms with Gasteiger partial charge in [0.25, 0.3) is 0 Å². The largest absolute Gasteiger partial charge is 0.462 e. The second-order valence-corrected chi connectivity index (χ2v) is 19.7. The second-order valence-electron chi connectivity index (χ2n) is 19.7. The average Bonchev–Trinajstić information content (AvgIpc) is 3.26. The molecule has 0 rings (SSSR count). The molecule has 6 nitrogen and oxygen atoms in total. The van der Waals surface area contributed by atoms with Gasteiger partial charge in [0.2, 0.25) is 0 Å². The molecule has 0 aromatic carbocycles. The van der Waals surface area contributed by atoms with Crippen LogP contribution in [0.25, 0.3) is 0 Å². The van der Waals surface area contributed by atoms with Gasteiger partial charge in [0, 0.05) is 19.3 Å². The molecule has 62 heavy (non-hydrogen) atoms. The van der Waals surface area contributed by atoms with E-state index in [9.17, 15) is 14.4 Å². The molecule has 6 heteroatoms. The fourth-order valence-electron chi connectivity index (χ4n) is 8.57. The minimum Gasteiger partial charge on any atom is -0.462 e. The summed E-state index contributed by atoms with van der Waals surface area (Å²) in [5, 5.41) is 0. The van der Waals surface area contributed by atoms with Crippen LogP contribution in [0.2, 0.25) is 0 Å². The number of hydrogen-bond acceptors (Lipinski definition) is 6. The van der Waals surface area contributed by atoms with Crippen molar-refractivity contribution in [1.29, 1.82) is 0 Å². The van der Waals surface area contributed by atoms with E-state index in [1.54, 1.807) is 0 Å². The predicted molar refractivity (Wildman–Crippen MR) is 266 cm³/mol. The van der Waals surface area contributed by atoms with Gasteiger partial charge in [-0.1, -0.05) is 278 Å². The monoisotopic (exact) mass is 877 g/mol. The third-order valence-electron chi connectivity index (χ3n) is 12.8. The first-order valence-corrected chi connectivity index (χ1v) is 27.9. The number of rotatable bonds is 51. The summed E-state index contributed by atoms with van der Waals surface area (Å²) in [4.78, 5) is 38.0. The van der Waals surface area contributed by atoms with Crippen LogP contribution in [-0.2, 0) is 28.6 Å². The third kappa shape index (κ3) is 49.4. The first kappa shape index (κ1) is 60.4. The molecular weight excluding hydrogens is 769 g/mol. The van der Waals surface area contributed by atoms with E-state index in [1.165, 1.54) is 212 Å². The van der Waals surface area contributed by atoms with Crippen molar-refractivity contribution >= 4 is 17.9 Å². The molecule has 0 aliphatic heterocycles. The SMILES string of the molecule is CCCCCCCCCCCCCCCCCCCCCC(=O)OC[C@H](COC(=O)CCCCCCCCCCCCCCC(C)C)OC(=O)CCCCCCCCCCCC. The molecule has 368 valence electrons. The maximum atomic E-state index is 12.8. The van der Waals surface area contributed by atoms with E-state index < -0.39 is 6.10 Å². The molecule has 0 aromatic heterocycles. The molecule has 0 N–H and O–H groups in total.